The molecule has 0 fully saturated rings. The fourth-order valence-corrected chi connectivity index (χ4v) is 1.63. The summed E-state index contributed by atoms with van der Waals surface area (Å²) < 4.78 is 55.1. The summed E-state index contributed by atoms with van der Waals surface area (Å²) in [5.41, 5.74) is 0.0253. The molecule has 21 heavy (non-hydrogen) atoms. The van der Waals surface area contributed by atoms with E-state index < -0.39 is 30.7 Å². The first kappa shape index (κ1) is 15.0. The van der Waals surface area contributed by atoms with E-state index in [4.69, 9.17) is 4.42 Å². The van der Waals surface area contributed by atoms with Crippen molar-refractivity contribution in [3.05, 3.63) is 36.5 Å². The highest BCUT2D eigenvalue weighted by Crippen LogP contribution is 2.26. The zero-order valence-corrected chi connectivity index (χ0v) is 10.6. The van der Waals surface area contributed by atoms with Gasteiger partial charge in [0.1, 0.15) is 5.52 Å². The molecule has 0 bridgehead atoms. The minimum Gasteiger partial charge on any atom is -0.441 e. The Kier molecular flexibility index (Phi) is 3.97. The fourth-order valence-electron chi connectivity index (χ4n) is 1.63. The van der Waals surface area contributed by atoms with Crippen LogP contribution in [0, 0.1) is 5.82 Å². The van der Waals surface area contributed by atoms with Crippen LogP contribution in [-0.4, -0.2) is 17.1 Å². The molecular formula is C13H10F4N2O2. The molecule has 2 aromatic rings. The molecule has 1 aromatic carbocycles. The second-order valence-corrected chi connectivity index (χ2v) is 4.22. The fraction of sp³-hybridized carbons (Fsp3) is 0.231. The molecule has 1 aromatic heterocycles. The van der Waals surface area contributed by atoms with Gasteiger partial charge in [0.25, 0.3) is 0 Å². The van der Waals surface area contributed by atoms with Gasteiger partial charge in [-0.05, 0) is 12.1 Å². The Hall–Kier alpha value is -2.38. The number of alkyl halides is 3. The average Bonchev–Trinajstić information content (AvgIpc) is 2.77. The molecule has 4 nitrogen and oxygen atoms in total. The lowest BCUT2D eigenvalue weighted by atomic mass is 10.2. The molecule has 0 aliphatic rings. The van der Waals surface area contributed by atoms with Crippen molar-refractivity contribution >= 4 is 22.7 Å². The Morgan fingerprint density at radius 1 is 1.43 bits per heavy atom. The van der Waals surface area contributed by atoms with Crippen LogP contribution < -0.4 is 5.32 Å². The third-order valence-electron chi connectivity index (χ3n) is 2.59. The molecule has 112 valence electrons. The Morgan fingerprint density at radius 3 is 2.76 bits per heavy atom. The summed E-state index contributed by atoms with van der Waals surface area (Å²) in [6, 6.07) is 2.14. The Balaban J connectivity index is 2.26. The number of hydrogen-bond donors (Lipinski definition) is 1. The number of aromatic nitrogens is 1. The number of halogens is 4. The number of nitrogens with one attached hydrogen (secondary N) is 1. The second kappa shape index (κ2) is 5.55. The number of carbonyl (C=O) groups excluding carboxylic acids is 1. The highest BCUT2D eigenvalue weighted by atomic mass is 19.4. The minimum absolute atomic E-state index is 0.0151. The zero-order valence-electron chi connectivity index (χ0n) is 10.6. The number of carbonyl (C=O) groups is 1. The van der Waals surface area contributed by atoms with E-state index in [0.29, 0.717) is 0 Å². The normalized spacial score (nSPS) is 11.6. The zero-order chi connectivity index (χ0) is 15.6. The van der Waals surface area contributed by atoms with Crippen molar-refractivity contribution in [3.8, 4) is 0 Å². The van der Waals surface area contributed by atoms with Gasteiger partial charge in [0.2, 0.25) is 5.91 Å². The van der Waals surface area contributed by atoms with Gasteiger partial charge in [0, 0.05) is 12.5 Å². The Labute approximate surface area is 116 Å². The SMILES string of the molecule is C=CC(=O)Nc1cc2nc(CCC(F)(F)F)oc2cc1F. The first-order valence-corrected chi connectivity index (χ1v) is 5.87. The molecule has 0 radical (unpaired) electrons. The number of amides is 1. The monoisotopic (exact) mass is 302 g/mol. The van der Waals surface area contributed by atoms with Gasteiger partial charge >= 0.3 is 6.18 Å². The maximum Gasteiger partial charge on any atom is 0.389 e. The summed E-state index contributed by atoms with van der Waals surface area (Å²) >= 11 is 0. The van der Waals surface area contributed by atoms with Crippen molar-refractivity contribution in [2.24, 2.45) is 0 Å². The van der Waals surface area contributed by atoms with Crippen LogP contribution in [-0.2, 0) is 11.2 Å². The lowest BCUT2D eigenvalue weighted by molar-refractivity contribution is -0.134. The highest BCUT2D eigenvalue weighted by molar-refractivity contribution is 6.00. The summed E-state index contributed by atoms with van der Waals surface area (Å²) in [6.45, 7) is 3.23. The number of nitrogens with zero attached hydrogens (tertiary/aromatic N) is 1. The van der Waals surface area contributed by atoms with Gasteiger partial charge < -0.3 is 9.73 Å². The summed E-state index contributed by atoms with van der Waals surface area (Å²) in [5, 5.41) is 2.22. The molecular weight excluding hydrogens is 292 g/mol. The van der Waals surface area contributed by atoms with E-state index in [1.54, 1.807) is 0 Å². The van der Waals surface area contributed by atoms with Crippen molar-refractivity contribution in [2.75, 3.05) is 5.32 Å². The van der Waals surface area contributed by atoms with E-state index in [1.807, 2.05) is 0 Å². The molecule has 0 saturated carbocycles. The van der Waals surface area contributed by atoms with Crippen LogP contribution in [0.4, 0.5) is 23.2 Å². The number of aryl methyl sites for hydroxylation is 1. The predicted molar refractivity (Wildman–Crippen MR) is 67.2 cm³/mol. The van der Waals surface area contributed by atoms with Gasteiger partial charge in [-0.25, -0.2) is 9.37 Å². The van der Waals surface area contributed by atoms with Gasteiger partial charge in [-0.15, -0.1) is 0 Å². The third-order valence-corrected chi connectivity index (χ3v) is 2.59. The van der Waals surface area contributed by atoms with Crippen LogP contribution in [0.1, 0.15) is 12.3 Å². The van der Waals surface area contributed by atoms with E-state index in [1.165, 1.54) is 6.07 Å². The van der Waals surface area contributed by atoms with Crippen molar-refractivity contribution in [1.29, 1.82) is 0 Å². The lowest BCUT2D eigenvalue weighted by Crippen LogP contribution is -2.08. The second-order valence-electron chi connectivity index (χ2n) is 4.22. The number of oxazole rings is 1. The van der Waals surface area contributed by atoms with Crippen molar-refractivity contribution < 1.29 is 26.8 Å². The number of fused-ring (bicyclic) bond motifs is 1. The van der Waals surface area contributed by atoms with Crippen LogP contribution in [0.15, 0.2) is 29.2 Å². The molecule has 0 aliphatic heterocycles. The van der Waals surface area contributed by atoms with Crippen LogP contribution in [0.3, 0.4) is 0 Å². The Morgan fingerprint density at radius 2 is 2.14 bits per heavy atom. The summed E-state index contributed by atoms with van der Waals surface area (Å²) in [4.78, 5) is 15.0. The van der Waals surface area contributed by atoms with Gasteiger partial charge in [0.05, 0.1) is 12.1 Å². The lowest BCUT2D eigenvalue weighted by Gasteiger charge is -2.02. The molecule has 1 N–H and O–H groups in total. The summed E-state index contributed by atoms with van der Waals surface area (Å²) in [7, 11) is 0. The van der Waals surface area contributed by atoms with Crippen LogP contribution in [0.2, 0.25) is 0 Å². The molecule has 0 saturated heterocycles. The maximum absolute atomic E-state index is 13.7. The molecule has 2 rings (SSSR count). The average molecular weight is 302 g/mol. The van der Waals surface area contributed by atoms with E-state index in [0.717, 1.165) is 12.1 Å². The quantitative estimate of drug-likeness (QED) is 0.693. The summed E-state index contributed by atoms with van der Waals surface area (Å²) in [6.07, 6.45) is -4.88. The van der Waals surface area contributed by atoms with Gasteiger partial charge in [-0.3, -0.25) is 4.79 Å². The number of hydrogen-bond acceptors (Lipinski definition) is 3. The van der Waals surface area contributed by atoms with E-state index in [-0.39, 0.29) is 22.7 Å². The highest BCUT2D eigenvalue weighted by Gasteiger charge is 2.27. The Bertz CT molecular complexity index is 691. The third kappa shape index (κ3) is 3.80. The van der Waals surface area contributed by atoms with E-state index in [9.17, 15) is 22.4 Å². The van der Waals surface area contributed by atoms with Gasteiger partial charge in [-0.1, -0.05) is 6.58 Å². The molecule has 8 heteroatoms. The van der Waals surface area contributed by atoms with Gasteiger partial charge in [-0.2, -0.15) is 13.2 Å². The van der Waals surface area contributed by atoms with Crippen LogP contribution in [0.5, 0.6) is 0 Å². The number of anilines is 1. The van der Waals surface area contributed by atoms with Crippen molar-refractivity contribution in [2.45, 2.75) is 19.0 Å². The molecule has 0 aliphatic carbocycles. The number of benzene rings is 1. The first-order chi connectivity index (χ1) is 9.78. The minimum atomic E-state index is -4.32. The molecule has 1 amide bonds. The van der Waals surface area contributed by atoms with E-state index >= 15 is 0 Å². The van der Waals surface area contributed by atoms with Crippen LogP contribution in [0.25, 0.3) is 11.1 Å². The van der Waals surface area contributed by atoms with Crippen molar-refractivity contribution in [1.82, 2.24) is 4.98 Å². The first-order valence-electron chi connectivity index (χ1n) is 5.87. The molecule has 0 spiro atoms. The smallest absolute Gasteiger partial charge is 0.389 e. The number of rotatable bonds is 4. The standard InChI is InChI=1S/C13H10F4N2O2/c1-2-11(20)18-8-6-9-10(5-7(8)14)21-12(19-9)3-4-13(15,16)17/h2,5-6H,1,3-4H2,(H,18,20). The molecule has 0 unspecified atom stereocenters. The van der Waals surface area contributed by atoms with Crippen LogP contribution >= 0.6 is 0 Å². The van der Waals surface area contributed by atoms with Gasteiger partial charge in [0.15, 0.2) is 17.3 Å². The molecule has 0 atom stereocenters. The predicted octanol–water partition coefficient (Wildman–Crippen LogP) is 3.59. The molecule has 1 heterocycles. The largest absolute Gasteiger partial charge is 0.441 e. The van der Waals surface area contributed by atoms with Crippen molar-refractivity contribution in [3.63, 3.8) is 0 Å². The van der Waals surface area contributed by atoms with E-state index in [2.05, 4.69) is 16.9 Å². The topological polar surface area (TPSA) is 55.1 Å². The summed E-state index contributed by atoms with van der Waals surface area (Å²) in [5.74, 6) is -1.54. The maximum atomic E-state index is 13.7.